The standard InChI is InChI=1S/C23H21N3O5/c1-29-14-3-4-17-16(9-14)15-6-7-25(11-18(15)24-17)19-10-22(27)26(23(19)28)13-2-5-20-21(8-13)31-12-30-20/h2-5,8-9,19,24H,6-7,10-12H2,1H3/t19-/m1/s1. The van der Waals surface area contributed by atoms with E-state index < -0.39 is 6.04 Å². The maximum absolute atomic E-state index is 13.2. The number of hydrogen-bond donors (Lipinski definition) is 1. The molecule has 0 spiro atoms. The second-order valence-corrected chi connectivity index (χ2v) is 8.04. The van der Waals surface area contributed by atoms with E-state index in [9.17, 15) is 9.59 Å². The highest BCUT2D eigenvalue weighted by molar-refractivity contribution is 6.22. The molecule has 8 nitrogen and oxygen atoms in total. The largest absolute Gasteiger partial charge is 0.497 e. The van der Waals surface area contributed by atoms with Gasteiger partial charge in [0.15, 0.2) is 11.5 Å². The molecule has 0 aliphatic carbocycles. The zero-order chi connectivity index (χ0) is 21.1. The van der Waals surface area contributed by atoms with Gasteiger partial charge < -0.3 is 19.2 Å². The highest BCUT2D eigenvalue weighted by atomic mass is 16.7. The van der Waals surface area contributed by atoms with Crippen LogP contribution in [0.4, 0.5) is 5.69 Å². The van der Waals surface area contributed by atoms with Crippen LogP contribution in [-0.4, -0.2) is 48.2 Å². The molecule has 1 saturated heterocycles. The Hall–Kier alpha value is -3.52. The van der Waals surface area contributed by atoms with E-state index in [2.05, 4.69) is 9.88 Å². The van der Waals surface area contributed by atoms with Gasteiger partial charge in [-0.2, -0.15) is 0 Å². The van der Waals surface area contributed by atoms with Gasteiger partial charge in [-0.1, -0.05) is 0 Å². The molecule has 6 rings (SSSR count). The predicted octanol–water partition coefficient (Wildman–Crippen LogP) is 2.60. The van der Waals surface area contributed by atoms with E-state index in [0.29, 0.717) is 23.7 Å². The third-order valence-electron chi connectivity index (χ3n) is 6.39. The Morgan fingerprint density at radius 2 is 1.97 bits per heavy atom. The van der Waals surface area contributed by atoms with Crippen LogP contribution in [0.2, 0.25) is 0 Å². The van der Waals surface area contributed by atoms with Crippen LogP contribution >= 0.6 is 0 Å². The van der Waals surface area contributed by atoms with Gasteiger partial charge in [0.25, 0.3) is 5.91 Å². The average molecular weight is 419 g/mol. The molecule has 0 bridgehead atoms. The number of benzene rings is 2. The van der Waals surface area contributed by atoms with Crippen molar-refractivity contribution in [2.24, 2.45) is 0 Å². The monoisotopic (exact) mass is 419 g/mol. The molecule has 4 heterocycles. The first-order valence-corrected chi connectivity index (χ1v) is 10.3. The van der Waals surface area contributed by atoms with Crippen LogP contribution in [0.3, 0.4) is 0 Å². The summed E-state index contributed by atoms with van der Waals surface area (Å²) in [5, 5.41) is 1.16. The zero-order valence-corrected chi connectivity index (χ0v) is 17.0. The highest BCUT2D eigenvalue weighted by Gasteiger charge is 2.44. The summed E-state index contributed by atoms with van der Waals surface area (Å²) in [6.45, 7) is 1.47. The fourth-order valence-corrected chi connectivity index (χ4v) is 4.83. The van der Waals surface area contributed by atoms with Crippen molar-refractivity contribution in [3.8, 4) is 17.2 Å². The molecular weight excluding hydrogens is 398 g/mol. The summed E-state index contributed by atoms with van der Waals surface area (Å²) in [4.78, 5) is 32.9. The third kappa shape index (κ3) is 2.79. The maximum atomic E-state index is 13.2. The number of nitrogens with one attached hydrogen (secondary N) is 1. The number of carbonyl (C=O) groups is 2. The van der Waals surface area contributed by atoms with E-state index in [0.717, 1.165) is 35.3 Å². The zero-order valence-electron chi connectivity index (χ0n) is 17.0. The van der Waals surface area contributed by atoms with Gasteiger partial charge in [0, 0.05) is 35.8 Å². The first kappa shape index (κ1) is 18.3. The molecule has 1 atom stereocenters. The summed E-state index contributed by atoms with van der Waals surface area (Å²) in [7, 11) is 1.66. The Labute approximate surface area is 178 Å². The summed E-state index contributed by atoms with van der Waals surface area (Å²) in [5.74, 6) is 1.62. The number of hydrogen-bond acceptors (Lipinski definition) is 6. The lowest BCUT2D eigenvalue weighted by Gasteiger charge is -2.30. The molecule has 31 heavy (non-hydrogen) atoms. The van der Waals surface area contributed by atoms with Gasteiger partial charge in [0.05, 0.1) is 25.3 Å². The van der Waals surface area contributed by atoms with Gasteiger partial charge in [-0.25, -0.2) is 4.90 Å². The minimum absolute atomic E-state index is 0.149. The van der Waals surface area contributed by atoms with E-state index in [1.165, 1.54) is 10.5 Å². The Balaban J connectivity index is 1.27. The fourth-order valence-electron chi connectivity index (χ4n) is 4.83. The van der Waals surface area contributed by atoms with E-state index >= 15 is 0 Å². The van der Waals surface area contributed by atoms with Gasteiger partial charge in [0.2, 0.25) is 12.7 Å². The summed E-state index contributed by atoms with van der Waals surface area (Å²) < 4.78 is 16.1. The topological polar surface area (TPSA) is 84.1 Å². The van der Waals surface area contributed by atoms with E-state index in [4.69, 9.17) is 14.2 Å². The highest BCUT2D eigenvalue weighted by Crippen LogP contribution is 2.38. The van der Waals surface area contributed by atoms with Crippen molar-refractivity contribution in [2.45, 2.75) is 25.4 Å². The number of aromatic amines is 1. The lowest BCUT2D eigenvalue weighted by atomic mass is 10.0. The van der Waals surface area contributed by atoms with Crippen LogP contribution < -0.4 is 19.1 Å². The minimum Gasteiger partial charge on any atom is -0.497 e. The summed E-state index contributed by atoms with van der Waals surface area (Å²) in [6.07, 6.45) is 0.987. The van der Waals surface area contributed by atoms with Crippen molar-refractivity contribution >= 4 is 28.4 Å². The molecule has 2 amide bonds. The molecule has 3 aromatic rings. The fraction of sp³-hybridized carbons (Fsp3) is 0.304. The predicted molar refractivity (Wildman–Crippen MR) is 112 cm³/mol. The van der Waals surface area contributed by atoms with Crippen LogP contribution in [0.25, 0.3) is 10.9 Å². The summed E-state index contributed by atoms with van der Waals surface area (Å²) in [5.41, 5.74) is 3.94. The van der Waals surface area contributed by atoms with E-state index in [1.54, 1.807) is 25.3 Å². The summed E-state index contributed by atoms with van der Waals surface area (Å²) >= 11 is 0. The Kier molecular flexibility index (Phi) is 3.97. The van der Waals surface area contributed by atoms with Crippen LogP contribution in [0.15, 0.2) is 36.4 Å². The second-order valence-electron chi connectivity index (χ2n) is 8.04. The molecule has 8 heteroatoms. The van der Waals surface area contributed by atoms with Gasteiger partial charge >= 0.3 is 0 Å². The number of amides is 2. The third-order valence-corrected chi connectivity index (χ3v) is 6.39. The number of anilines is 1. The normalized spacial score (nSPS) is 20.5. The first-order chi connectivity index (χ1) is 15.1. The molecule has 0 saturated carbocycles. The number of nitrogens with zero attached hydrogens (tertiary/aromatic N) is 2. The number of methoxy groups -OCH3 is 1. The lowest BCUT2D eigenvalue weighted by molar-refractivity contribution is -0.123. The van der Waals surface area contributed by atoms with Crippen molar-refractivity contribution in [1.29, 1.82) is 0 Å². The number of fused-ring (bicyclic) bond motifs is 4. The average Bonchev–Trinajstić information content (AvgIpc) is 3.47. The van der Waals surface area contributed by atoms with Crippen molar-refractivity contribution in [3.63, 3.8) is 0 Å². The quantitative estimate of drug-likeness (QED) is 0.657. The Morgan fingerprint density at radius 3 is 2.84 bits per heavy atom. The number of rotatable bonds is 3. The van der Waals surface area contributed by atoms with Crippen LogP contribution in [0.5, 0.6) is 17.2 Å². The molecule has 1 N–H and O–H groups in total. The molecule has 0 radical (unpaired) electrons. The van der Waals surface area contributed by atoms with Gasteiger partial charge in [-0.15, -0.1) is 0 Å². The molecule has 158 valence electrons. The first-order valence-electron chi connectivity index (χ1n) is 10.3. The van der Waals surface area contributed by atoms with Crippen LogP contribution in [0, 0.1) is 0 Å². The minimum atomic E-state index is -0.466. The molecule has 3 aliphatic rings. The second kappa shape index (κ2) is 6.75. The SMILES string of the molecule is COc1ccc2[nH]c3c(c2c1)CCN([C@@H]1CC(=O)N(c2ccc4c(c2)OCO4)C1=O)C3. The van der Waals surface area contributed by atoms with Gasteiger partial charge in [0.1, 0.15) is 5.75 Å². The number of imide groups is 1. The van der Waals surface area contributed by atoms with Crippen LogP contribution in [-0.2, 0) is 22.6 Å². The smallest absolute Gasteiger partial charge is 0.251 e. The number of aromatic nitrogens is 1. The molecule has 0 unspecified atom stereocenters. The maximum Gasteiger partial charge on any atom is 0.251 e. The Morgan fingerprint density at radius 1 is 1.10 bits per heavy atom. The molecular formula is C23H21N3O5. The lowest BCUT2D eigenvalue weighted by Crippen LogP contribution is -2.44. The van der Waals surface area contributed by atoms with Crippen molar-refractivity contribution in [1.82, 2.24) is 9.88 Å². The number of H-pyrrole nitrogens is 1. The van der Waals surface area contributed by atoms with Gasteiger partial charge in [-0.05, 0) is 42.3 Å². The number of carbonyl (C=O) groups excluding carboxylic acids is 2. The molecule has 3 aliphatic heterocycles. The van der Waals surface area contributed by atoms with Crippen LogP contribution in [0.1, 0.15) is 17.7 Å². The Bertz CT molecular complexity index is 1230. The van der Waals surface area contributed by atoms with Crippen molar-refractivity contribution < 1.29 is 23.8 Å². The van der Waals surface area contributed by atoms with E-state index in [1.807, 2.05) is 18.2 Å². The molecule has 2 aromatic carbocycles. The molecule has 1 aromatic heterocycles. The molecule has 1 fully saturated rings. The number of ether oxygens (including phenoxy) is 3. The van der Waals surface area contributed by atoms with E-state index in [-0.39, 0.29) is 25.0 Å². The van der Waals surface area contributed by atoms with Crippen molar-refractivity contribution in [3.05, 3.63) is 47.7 Å². The van der Waals surface area contributed by atoms with Gasteiger partial charge in [-0.3, -0.25) is 14.5 Å². The van der Waals surface area contributed by atoms with Crippen molar-refractivity contribution in [2.75, 3.05) is 25.3 Å². The summed E-state index contributed by atoms with van der Waals surface area (Å²) in [6, 6.07) is 10.7.